The van der Waals surface area contributed by atoms with Crippen molar-refractivity contribution in [1.82, 2.24) is 4.72 Å². The maximum atomic E-state index is 13.8. The average Bonchev–Trinajstić information content (AvgIpc) is 2.79. The Balaban J connectivity index is 1.92. The average molecular weight is 459 g/mol. The van der Waals surface area contributed by atoms with Crippen LogP contribution in [0.4, 0.5) is 10.1 Å². The first-order valence-corrected chi connectivity index (χ1v) is 11.2. The molecule has 3 aromatic carbocycles. The van der Waals surface area contributed by atoms with Gasteiger partial charge in [0.2, 0.25) is 15.9 Å². The SMILES string of the molecule is COc1cccc(NC(=O)C(Cc2ccccc2)NS(=O)(=O)c2cc(F)ccc2OC)c1. The number of carbonyl (C=O) groups is 1. The summed E-state index contributed by atoms with van der Waals surface area (Å²) >= 11 is 0. The molecule has 0 heterocycles. The highest BCUT2D eigenvalue weighted by molar-refractivity contribution is 7.89. The van der Waals surface area contributed by atoms with E-state index >= 15 is 0 Å². The van der Waals surface area contributed by atoms with Gasteiger partial charge in [0.1, 0.15) is 28.3 Å². The van der Waals surface area contributed by atoms with Crippen LogP contribution in [0, 0.1) is 5.82 Å². The maximum Gasteiger partial charge on any atom is 0.245 e. The van der Waals surface area contributed by atoms with E-state index in [0.717, 1.165) is 17.7 Å². The Kier molecular flexibility index (Phi) is 7.45. The third kappa shape index (κ3) is 5.83. The fourth-order valence-corrected chi connectivity index (χ4v) is 4.46. The van der Waals surface area contributed by atoms with Crippen LogP contribution in [0.25, 0.3) is 0 Å². The standard InChI is InChI=1S/C23H23FN2O5S/c1-30-19-10-6-9-18(15-19)25-23(27)20(13-16-7-4-3-5-8-16)26-32(28,29)22-14-17(24)11-12-21(22)31-2/h3-12,14-15,20,26H,13H2,1-2H3,(H,25,27). The molecule has 0 spiro atoms. The Bertz CT molecular complexity index is 1190. The Morgan fingerprint density at radius 1 is 0.969 bits per heavy atom. The third-order valence-corrected chi connectivity index (χ3v) is 6.14. The Morgan fingerprint density at radius 2 is 1.72 bits per heavy atom. The van der Waals surface area contributed by atoms with Crippen LogP contribution in [0.15, 0.2) is 77.7 Å². The smallest absolute Gasteiger partial charge is 0.245 e. The lowest BCUT2D eigenvalue weighted by atomic mass is 10.1. The molecule has 168 valence electrons. The normalized spacial score (nSPS) is 12.1. The van der Waals surface area contributed by atoms with Gasteiger partial charge in [-0.15, -0.1) is 0 Å². The monoisotopic (exact) mass is 458 g/mol. The van der Waals surface area contributed by atoms with Gasteiger partial charge >= 0.3 is 0 Å². The lowest BCUT2D eigenvalue weighted by Crippen LogP contribution is -2.45. The molecule has 1 amide bonds. The summed E-state index contributed by atoms with van der Waals surface area (Å²) in [6.45, 7) is 0. The van der Waals surface area contributed by atoms with Crippen LogP contribution in [0.5, 0.6) is 11.5 Å². The number of hydrogen-bond acceptors (Lipinski definition) is 5. The highest BCUT2D eigenvalue weighted by Crippen LogP contribution is 2.25. The number of ether oxygens (including phenoxy) is 2. The summed E-state index contributed by atoms with van der Waals surface area (Å²) in [5.41, 5.74) is 1.18. The predicted molar refractivity (Wildman–Crippen MR) is 119 cm³/mol. The molecule has 0 bridgehead atoms. The van der Waals surface area contributed by atoms with E-state index in [4.69, 9.17) is 9.47 Å². The molecule has 2 N–H and O–H groups in total. The first-order chi connectivity index (χ1) is 15.3. The summed E-state index contributed by atoms with van der Waals surface area (Å²) in [5, 5.41) is 2.70. The fraction of sp³-hybridized carbons (Fsp3) is 0.174. The van der Waals surface area contributed by atoms with Crippen molar-refractivity contribution in [2.75, 3.05) is 19.5 Å². The molecule has 0 aromatic heterocycles. The van der Waals surface area contributed by atoms with Crippen LogP contribution in [0.1, 0.15) is 5.56 Å². The fourth-order valence-electron chi connectivity index (χ4n) is 3.08. The zero-order chi connectivity index (χ0) is 23.1. The van der Waals surface area contributed by atoms with E-state index in [2.05, 4.69) is 10.0 Å². The van der Waals surface area contributed by atoms with E-state index in [0.29, 0.717) is 11.4 Å². The summed E-state index contributed by atoms with van der Waals surface area (Å²) in [5.74, 6) is -0.828. The molecular weight excluding hydrogens is 435 g/mol. The van der Waals surface area contributed by atoms with Crippen LogP contribution in [0.3, 0.4) is 0 Å². The van der Waals surface area contributed by atoms with Crippen molar-refractivity contribution in [3.05, 3.63) is 84.2 Å². The second kappa shape index (κ2) is 10.3. The Hall–Kier alpha value is -3.43. The van der Waals surface area contributed by atoms with Crippen LogP contribution < -0.4 is 19.5 Å². The summed E-state index contributed by atoms with van der Waals surface area (Å²) in [6.07, 6.45) is 0.0769. The molecule has 7 nitrogen and oxygen atoms in total. The molecule has 0 fully saturated rings. The number of rotatable bonds is 9. The first-order valence-electron chi connectivity index (χ1n) is 9.67. The maximum absolute atomic E-state index is 13.8. The zero-order valence-electron chi connectivity index (χ0n) is 17.5. The van der Waals surface area contributed by atoms with E-state index in [1.807, 2.05) is 6.07 Å². The van der Waals surface area contributed by atoms with Gasteiger partial charge < -0.3 is 14.8 Å². The highest BCUT2D eigenvalue weighted by atomic mass is 32.2. The van der Waals surface area contributed by atoms with Crippen LogP contribution in [0.2, 0.25) is 0 Å². The lowest BCUT2D eigenvalue weighted by Gasteiger charge is -2.20. The summed E-state index contributed by atoms with van der Waals surface area (Å²) in [7, 11) is -1.51. The van der Waals surface area contributed by atoms with Gasteiger partial charge in [-0.1, -0.05) is 36.4 Å². The minimum Gasteiger partial charge on any atom is -0.497 e. The Morgan fingerprint density at radius 3 is 2.41 bits per heavy atom. The molecule has 1 unspecified atom stereocenters. The quantitative estimate of drug-likeness (QED) is 0.513. The van der Waals surface area contributed by atoms with Gasteiger partial charge in [0, 0.05) is 11.8 Å². The van der Waals surface area contributed by atoms with Gasteiger partial charge in [-0.2, -0.15) is 4.72 Å². The van der Waals surface area contributed by atoms with Crippen LogP contribution in [-0.2, 0) is 21.2 Å². The summed E-state index contributed by atoms with van der Waals surface area (Å²) in [4.78, 5) is 12.7. The number of anilines is 1. The van der Waals surface area contributed by atoms with Gasteiger partial charge in [-0.25, -0.2) is 12.8 Å². The van der Waals surface area contributed by atoms with Gasteiger partial charge in [0.15, 0.2) is 0 Å². The molecule has 3 aromatic rings. The van der Waals surface area contributed by atoms with Gasteiger partial charge in [0.05, 0.1) is 14.2 Å². The second-order valence-corrected chi connectivity index (χ2v) is 8.56. The summed E-state index contributed by atoms with van der Waals surface area (Å²) in [6, 6.07) is 17.6. The number of halogens is 1. The lowest BCUT2D eigenvalue weighted by molar-refractivity contribution is -0.117. The molecule has 0 aliphatic rings. The third-order valence-electron chi connectivity index (χ3n) is 4.65. The van der Waals surface area contributed by atoms with Crippen molar-refractivity contribution in [2.24, 2.45) is 0 Å². The van der Waals surface area contributed by atoms with Crippen molar-refractivity contribution in [2.45, 2.75) is 17.4 Å². The molecule has 0 aliphatic carbocycles. The minimum atomic E-state index is -4.30. The molecule has 0 saturated carbocycles. The molecule has 9 heteroatoms. The molecule has 1 atom stereocenters. The van der Waals surface area contributed by atoms with E-state index in [9.17, 15) is 17.6 Å². The van der Waals surface area contributed by atoms with Gasteiger partial charge in [0.25, 0.3) is 0 Å². The van der Waals surface area contributed by atoms with E-state index < -0.39 is 32.7 Å². The second-order valence-electron chi connectivity index (χ2n) is 6.88. The number of benzene rings is 3. The number of methoxy groups -OCH3 is 2. The van der Waals surface area contributed by atoms with E-state index in [1.54, 1.807) is 48.5 Å². The number of carbonyl (C=O) groups excluding carboxylic acids is 1. The van der Waals surface area contributed by atoms with Crippen molar-refractivity contribution >= 4 is 21.6 Å². The van der Waals surface area contributed by atoms with Crippen molar-refractivity contribution < 1.29 is 27.1 Å². The predicted octanol–water partition coefficient (Wildman–Crippen LogP) is 3.37. The van der Waals surface area contributed by atoms with Crippen molar-refractivity contribution in [1.29, 1.82) is 0 Å². The van der Waals surface area contributed by atoms with Crippen molar-refractivity contribution in [3.63, 3.8) is 0 Å². The number of nitrogens with one attached hydrogen (secondary N) is 2. The molecule has 32 heavy (non-hydrogen) atoms. The molecule has 0 aliphatic heterocycles. The molecular formula is C23H23FN2O5S. The van der Waals surface area contributed by atoms with Crippen molar-refractivity contribution in [3.8, 4) is 11.5 Å². The van der Waals surface area contributed by atoms with E-state index in [-0.39, 0.29) is 12.2 Å². The topological polar surface area (TPSA) is 93.7 Å². The Labute approximate surface area is 186 Å². The van der Waals surface area contributed by atoms with E-state index in [1.165, 1.54) is 20.3 Å². The first kappa shape index (κ1) is 23.2. The molecule has 0 radical (unpaired) electrons. The van der Waals surface area contributed by atoms with Gasteiger partial charge in [-0.05, 0) is 42.3 Å². The molecule has 3 rings (SSSR count). The highest BCUT2D eigenvalue weighted by Gasteiger charge is 2.29. The van der Waals surface area contributed by atoms with Crippen LogP contribution >= 0.6 is 0 Å². The van der Waals surface area contributed by atoms with Gasteiger partial charge in [-0.3, -0.25) is 4.79 Å². The zero-order valence-corrected chi connectivity index (χ0v) is 18.4. The number of sulfonamides is 1. The largest absolute Gasteiger partial charge is 0.497 e. The number of hydrogen-bond donors (Lipinski definition) is 2. The number of amides is 1. The minimum absolute atomic E-state index is 0.0365. The van der Waals surface area contributed by atoms with Crippen LogP contribution in [-0.4, -0.2) is 34.6 Å². The molecule has 0 saturated heterocycles. The summed E-state index contributed by atoms with van der Waals surface area (Å²) < 4.78 is 52.5.